The van der Waals surface area contributed by atoms with Crippen LogP contribution in [0.15, 0.2) is 30.6 Å². The first-order valence-corrected chi connectivity index (χ1v) is 1.85. The smallest absolute Gasteiger partial charge is 1.00 e. The third-order valence-electron chi connectivity index (χ3n) is 0.566. The molecule has 1 heterocycles. The zero-order chi connectivity index (χ0) is 4.24. The zero-order valence-corrected chi connectivity index (χ0v) is 9.43. The average Bonchev–Trinajstić information content (AvgIpc) is 1.72. The van der Waals surface area contributed by atoms with Gasteiger partial charge in [-0.1, -0.05) is 6.07 Å². The molecule has 0 bridgehead atoms. The van der Waals surface area contributed by atoms with Crippen molar-refractivity contribution in [2.75, 3.05) is 0 Å². The van der Waals surface area contributed by atoms with Crippen LogP contribution in [0.5, 0.6) is 0 Å². The third-order valence-corrected chi connectivity index (χ3v) is 0.566. The zero-order valence-electron chi connectivity index (χ0n) is 5.22. The van der Waals surface area contributed by atoms with Crippen molar-refractivity contribution >= 4 is 0 Å². The van der Waals surface area contributed by atoms with Crippen molar-refractivity contribution in [2.24, 2.45) is 0 Å². The van der Waals surface area contributed by atoms with Crippen molar-refractivity contribution in [3.63, 3.8) is 0 Å². The minimum absolute atomic E-state index is 0. The molecule has 1 nitrogen and oxygen atoms in total. The molecule has 0 spiro atoms. The van der Waals surface area contributed by atoms with Gasteiger partial charge in [-0.2, -0.15) is 0 Å². The van der Waals surface area contributed by atoms with Crippen LogP contribution in [-0.2, 0) is 17.1 Å². The van der Waals surface area contributed by atoms with E-state index in [0.29, 0.717) is 0 Å². The van der Waals surface area contributed by atoms with Gasteiger partial charge in [-0.3, -0.25) is 4.98 Å². The third kappa shape index (κ3) is 18.1. The molecule has 0 aliphatic carbocycles. The second-order valence-electron chi connectivity index (χ2n) is 1.02. The van der Waals surface area contributed by atoms with Crippen LogP contribution in [0, 0.1) is 0 Å². The predicted octanol–water partition coefficient (Wildman–Crippen LogP) is -10.9. The second-order valence-corrected chi connectivity index (χ2v) is 1.02. The molecule has 1 radical (unpaired) electrons. The van der Waals surface area contributed by atoms with E-state index in [0.717, 1.165) is 0 Å². The maximum Gasteiger partial charge on any atom is 4.00 e. The van der Waals surface area contributed by atoms with Crippen LogP contribution in [0.3, 0.4) is 0 Å². The molecule has 0 saturated carbocycles. The Bertz CT molecular complexity index is 90.4. The molecule has 0 atom stereocenters. The Hall–Kier alpha value is 0.829. The molecule has 65 valence electrons. The van der Waals surface area contributed by atoms with Gasteiger partial charge in [0.25, 0.3) is 0 Å². The Morgan fingerprint density at radius 3 is 1.09 bits per heavy atom. The van der Waals surface area contributed by atoms with Gasteiger partial charge in [0.05, 0.1) is 0 Å². The number of hydrogen-bond acceptors (Lipinski definition) is 1. The van der Waals surface area contributed by atoms with Gasteiger partial charge in [-0.05, 0) is 12.1 Å². The molecule has 11 heavy (non-hydrogen) atoms. The van der Waals surface area contributed by atoms with E-state index in [4.69, 9.17) is 0 Å². The van der Waals surface area contributed by atoms with Crippen molar-refractivity contribution in [3.05, 3.63) is 30.6 Å². The summed E-state index contributed by atoms with van der Waals surface area (Å²) in [5.74, 6) is 0. The normalized spacial score (nSPS) is 4.36. The van der Waals surface area contributed by atoms with Crippen molar-refractivity contribution in [1.82, 2.24) is 4.98 Å². The number of halogens is 4. The fourth-order valence-corrected chi connectivity index (χ4v) is 0.313. The second kappa shape index (κ2) is 22.4. The van der Waals surface area contributed by atoms with Gasteiger partial charge in [-0.15, -0.1) is 0 Å². The first kappa shape index (κ1) is 29.7. The van der Waals surface area contributed by atoms with Gasteiger partial charge in [0.1, 0.15) is 0 Å². The van der Waals surface area contributed by atoms with E-state index in [9.17, 15) is 0 Å². The number of nitrogens with zero attached hydrogens (tertiary/aromatic N) is 1. The molecular weight excluding hydrogens is 271 g/mol. The van der Waals surface area contributed by atoms with Crippen LogP contribution >= 0.6 is 0 Å². The van der Waals surface area contributed by atoms with Crippen LogP contribution in [0.25, 0.3) is 0 Å². The van der Waals surface area contributed by atoms with Gasteiger partial charge >= 0.3 is 17.1 Å². The average molecular weight is 276 g/mol. The Labute approximate surface area is 102 Å². The SMILES string of the molecule is [Cl-].[Cl-].[Cl-].[Cl-].[Mn+4].c1ccncc1. The van der Waals surface area contributed by atoms with Crippen molar-refractivity contribution < 1.29 is 66.7 Å². The number of rotatable bonds is 0. The van der Waals surface area contributed by atoms with Crippen molar-refractivity contribution in [2.45, 2.75) is 0 Å². The van der Waals surface area contributed by atoms with E-state index in [1.165, 1.54) is 0 Å². The first-order chi connectivity index (χ1) is 3.00. The van der Waals surface area contributed by atoms with Gasteiger partial charge in [0.2, 0.25) is 0 Å². The van der Waals surface area contributed by atoms with Crippen LogP contribution in [-0.4, -0.2) is 4.98 Å². The van der Waals surface area contributed by atoms with Crippen molar-refractivity contribution in [3.8, 4) is 0 Å². The largest absolute Gasteiger partial charge is 4.00 e. The maximum atomic E-state index is 3.78. The molecule has 0 fully saturated rings. The molecular formula is C5H5Cl4MnN. The molecule has 0 aliphatic rings. The molecule has 0 unspecified atom stereocenters. The fourth-order valence-electron chi connectivity index (χ4n) is 0.313. The van der Waals surface area contributed by atoms with Crippen LogP contribution in [0.1, 0.15) is 0 Å². The molecule has 1 aromatic heterocycles. The molecule has 0 saturated heterocycles. The van der Waals surface area contributed by atoms with E-state index < -0.39 is 0 Å². The molecule has 0 N–H and O–H groups in total. The van der Waals surface area contributed by atoms with Gasteiger partial charge in [0, 0.05) is 12.4 Å². The molecule has 6 heteroatoms. The van der Waals surface area contributed by atoms with Crippen LogP contribution in [0.4, 0.5) is 0 Å². The number of pyridine rings is 1. The van der Waals surface area contributed by atoms with Crippen LogP contribution in [0.2, 0.25) is 0 Å². The van der Waals surface area contributed by atoms with E-state index >= 15 is 0 Å². The summed E-state index contributed by atoms with van der Waals surface area (Å²) in [6.07, 6.45) is 3.50. The Kier molecular flexibility index (Phi) is 60.7. The summed E-state index contributed by atoms with van der Waals surface area (Å²) in [6, 6.07) is 5.72. The maximum absolute atomic E-state index is 3.78. The summed E-state index contributed by atoms with van der Waals surface area (Å²) in [5, 5.41) is 0. The summed E-state index contributed by atoms with van der Waals surface area (Å²) in [4.78, 5) is 3.78. The van der Waals surface area contributed by atoms with Gasteiger partial charge < -0.3 is 49.6 Å². The summed E-state index contributed by atoms with van der Waals surface area (Å²) in [6.45, 7) is 0. The number of aromatic nitrogens is 1. The molecule has 0 aliphatic heterocycles. The topological polar surface area (TPSA) is 12.9 Å². The Morgan fingerprint density at radius 1 is 0.636 bits per heavy atom. The van der Waals surface area contributed by atoms with Crippen LogP contribution < -0.4 is 49.6 Å². The molecule has 1 aromatic rings. The van der Waals surface area contributed by atoms with E-state index in [1.807, 2.05) is 18.2 Å². The molecule has 1 rings (SSSR count). The van der Waals surface area contributed by atoms with Gasteiger partial charge in [-0.25, -0.2) is 0 Å². The first-order valence-electron chi connectivity index (χ1n) is 1.85. The monoisotopic (exact) mass is 274 g/mol. The van der Waals surface area contributed by atoms with Crippen molar-refractivity contribution in [1.29, 1.82) is 0 Å². The van der Waals surface area contributed by atoms with Gasteiger partial charge in [0.15, 0.2) is 0 Å². The fraction of sp³-hybridized carbons (Fsp3) is 0. The molecule has 0 aromatic carbocycles. The quantitative estimate of drug-likeness (QED) is 0.429. The Morgan fingerprint density at radius 2 is 1.00 bits per heavy atom. The molecule has 0 amide bonds. The van der Waals surface area contributed by atoms with E-state index in [1.54, 1.807) is 12.4 Å². The minimum Gasteiger partial charge on any atom is -1.00 e. The number of hydrogen-bond donors (Lipinski definition) is 0. The summed E-state index contributed by atoms with van der Waals surface area (Å²) >= 11 is 0. The van der Waals surface area contributed by atoms with E-state index in [-0.39, 0.29) is 66.7 Å². The summed E-state index contributed by atoms with van der Waals surface area (Å²) < 4.78 is 0. The standard InChI is InChI=1S/C5H5N.4ClH.Mn/c1-2-4-6-5-3-1;;;;;/h1-5H;4*1H;/q;;;;;+4/p-4. The van der Waals surface area contributed by atoms with E-state index in [2.05, 4.69) is 4.98 Å². The summed E-state index contributed by atoms with van der Waals surface area (Å²) in [5.41, 5.74) is 0. The minimum atomic E-state index is 0. The Balaban J connectivity index is -0.0000000240. The predicted molar refractivity (Wildman–Crippen MR) is 24.2 cm³/mol. The summed E-state index contributed by atoms with van der Waals surface area (Å²) in [7, 11) is 0.